The number of hydrogen-bond acceptors (Lipinski definition) is 4. The summed E-state index contributed by atoms with van der Waals surface area (Å²) in [5.41, 5.74) is 1.27. The second kappa shape index (κ2) is 8.25. The van der Waals surface area contributed by atoms with Crippen LogP contribution in [0.15, 0.2) is 24.3 Å². The van der Waals surface area contributed by atoms with Crippen molar-refractivity contribution in [3.63, 3.8) is 0 Å². The third kappa shape index (κ3) is 4.78. The molecule has 0 bridgehead atoms. The zero-order chi connectivity index (χ0) is 14.2. The summed E-state index contributed by atoms with van der Waals surface area (Å²) in [6, 6.07) is 8.14. The molecule has 0 saturated heterocycles. The van der Waals surface area contributed by atoms with E-state index in [2.05, 4.69) is 18.3 Å². The Bertz CT molecular complexity index is 372. The monoisotopic (exact) mass is 279 g/mol. The highest BCUT2D eigenvalue weighted by Crippen LogP contribution is 2.27. The van der Waals surface area contributed by atoms with Crippen LogP contribution in [-0.2, 0) is 11.2 Å². The van der Waals surface area contributed by atoms with E-state index in [1.54, 1.807) is 0 Å². The van der Waals surface area contributed by atoms with Crippen molar-refractivity contribution in [1.29, 1.82) is 0 Å². The van der Waals surface area contributed by atoms with Gasteiger partial charge in [0.2, 0.25) is 0 Å². The number of fused-ring (bicyclic) bond motifs is 1. The minimum atomic E-state index is -0.448. The van der Waals surface area contributed by atoms with Crippen LogP contribution in [0.2, 0.25) is 0 Å². The van der Waals surface area contributed by atoms with Gasteiger partial charge in [-0.2, -0.15) is 0 Å². The number of hydrogen-bond donors (Lipinski definition) is 2. The lowest BCUT2D eigenvalue weighted by molar-refractivity contribution is 0.0349. The zero-order valence-electron chi connectivity index (χ0n) is 12.2. The Labute approximate surface area is 121 Å². The predicted molar refractivity (Wildman–Crippen MR) is 79.2 cm³/mol. The molecule has 4 nitrogen and oxygen atoms in total. The van der Waals surface area contributed by atoms with E-state index in [4.69, 9.17) is 9.47 Å². The normalized spacial score (nSPS) is 18.6. The summed E-state index contributed by atoms with van der Waals surface area (Å²) < 4.78 is 11.2. The molecule has 1 aliphatic rings. The molecule has 20 heavy (non-hydrogen) atoms. The number of nitrogens with one attached hydrogen (secondary N) is 1. The molecule has 0 amide bonds. The number of unbranched alkanes of at least 4 members (excludes halogenated alkanes) is 1. The predicted octanol–water partition coefficient (Wildman–Crippen LogP) is 1.76. The summed E-state index contributed by atoms with van der Waals surface area (Å²) in [6.45, 7) is 4.55. The van der Waals surface area contributed by atoms with E-state index in [0.717, 1.165) is 38.2 Å². The van der Waals surface area contributed by atoms with Crippen molar-refractivity contribution >= 4 is 0 Å². The molecule has 0 aromatic heterocycles. The van der Waals surface area contributed by atoms with Gasteiger partial charge in [0.05, 0.1) is 12.7 Å². The molecule has 0 fully saturated rings. The van der Waals surface area contributed by atoms with Crippen molar-refractivity contribution in [1.82, 2.24) is 5.32 Å². The van der Waals surface area contributed by atoms with Crippen LogP contribution in [0.4, 0.5) is 0 Å². The van der Waals surface area contributed by atoms with Gasteiger partial charge in [0.25, 0.3) is 0 Å². The lowest BCUT2D eigenvalue weighted by Crippen LogP contribution is -2.36. The van der Waals surface area contributed by atoms with Crippen LogP contribution in [0.3, 0.4) is 0 Å². The summed E-state index contributed by atoms with van der Waals surface area (Å²) in [5, 5.41) is 13.0. The van der Waals surface area contributed by atoms with Gasteiger partial charge < -0.3 is 19.9 Å². The van der Waals surface area contributed by atoms with E-state index < -0.39 is 6.10 Å². The van der Waals surface area contributed by atoms with E-state index in [9.17, 15) is 5.11 Å². The number of rotatable bonds is 9. The standard InChI is InChI=1S/C16H25NO3/c1-2-3-8-19-12-14(18)10-17-11-15-9-13-6-4-5-7-16(13)20-15/h4-7,14-15,17-18H,2-3,8-12H2,1H3. The molecule has 2 rings (SSSR count). The highest BCUT2D eigenvalue weighted by Gasteiger charge is 2.21. The molecule has 4 heteroatoms. The lowest BCUT2D eigenvalue weighted by atomic mass is 10.1. The van der Waals surface area contributed by atoms with Gasteiger partial charge >= 0.3 is 0 Å². The maximum absolute atomic E-state index is 9.77. The highest BCUT2D eigenvalue weighted by molar-refractivity contribution is 5.37. The molecule has 0 radical (unpaired) electrons. The third-order valence-electron chi connectivity index (χ3n) is 3.42. The molecule has 0 aliphatic carbocycles. The molecular formula is C16H25NO3. The van der Waals surface area contributed by atoms with Crippen LogP contribution in [0.1, 0.15) is 25.3 Å². The van der Waals surface area contributed by atoms with Crippen LogP contribution >= 0.6 is 0 Å². The first-order chi connectivity index (χ1) is 9.79. The van der Waals surface area contributed by atoms with E-state index in [0.29, 0.717) is 13.2 Å². The van der Waals surface area contributed by atoms with Gasteiger partial charge in [0, 0.05) is 26.1 Å². The average Bonchev–Trinajstić information content (AvgIpc) is 2.86. The Morgan fingerprint density at radius 3 is 3.10 bits per heavy atom. The molecule has 1 heterocycles. The molecule has 2 unspecified atom stereocenters. The summed E-state index contributed by atoms with van der Waals surface area (Å²) >= 11 is 0. The maximum atomic E-state index is 9.77. The first-order valence-corrected chi connectivity index (χ1v) is 7.50. The Morgan fingerprint density at radius 1 is 1.45 bits per heavy atom. The third-order valence-corrected chi connectivity index (χ3v) is 3.42. The smallest absolute Gasteiger partial charge is 0.123 e. The van der Waals surface area contributed by atoms with Gasteiger partial charge in [0.15, 0.2) is 0 Å². The molecule has 1 aliphatic heterocycles. The Balaban J connectivity index is 1.56. The molecule has 112 valence electrons. The SMILES string of the molecule is CCCCOCC(O)CNCC1Cc2ccccc2O1. The number of ether oxygens (including phenoxy) is 2. The summed E-state index contributed by atoms with van der Waals surface area (Å²) in [5.74, 6) is 0.989. The number of para-hydroxylation sites is 1. The van der Waals surface area contributed by atoms with Gasteiger partial charge in [-0.3, -0.25) is 0 Å². The van der Waals surface area contributed by atoms with E-state index in [1.165, 1.54) is 5.56 Å². The van der Waals surface area contributed by atoms with Crippen LogP contribution in [0, 0.1) is 0 Å². The fourth-order valence-corrected chi connectivity index (χ4v) is 2.30. The van der Waals surface area contributed by atoms with E-state index in [-0.39, 0.29) is 6.10 Å². The molecule has 2 atom stereocenters. The van der Waals surface area contributed by atoms with Gasteiger partial charge in [-0.25, -0.2) is 0 Å². The van der Waals surface area contributed by atoms with Gasteiger partial charge in [-0.15, -0.1) is 0 Å². The summed E-state index contributed by atoms with van der Waals surface area (Å²) in [7, 11) is 0. The highest BCUT2D eigenvalue weighted by atomic mass is 16.5. The molecular weight excluding hydrogens is 254 g/mol. The number of aliphatic hydroxyl groups excluding tert-OH is 1. The molecule has 2 N–H and O–H groups in total. The fourth-order valence-electron chi connectivity index (χ4n) is 2.30. The average molecular weight is 279 g/mol. The second-order valence-electron chi connectivity index (χ2n) is 5.29. The quantitative estimate of drug-likeness (QED) is 0.676. The van der Waals surface area contributed by atoms with E-state index in [1.807, 2.05) is 18.2 Å². The molecule has 1 aromatic rings. The minimum Gasteiger partial charge on any atom is -0.488 e. The van der Waals surface area contributed by atoms with Gasteiger partial charge in [0.1, 0.15) is 11.9 Å². The van der Waals surface area contributed by atoms with Crippen LogP contribution in [-0.4, -0.2) is 43.6 Å². The Hall–Kier alpha value is -1.10. The topological polar surface area (TPSA) is 50.7 Å². The van der Waals surface area contributed by atoms with Gasteiger partial charge in [-0.1, -0.05) is 31.5 Å². The largest absolute Gasteiger partial charge is 0.488 e. The molecule has 0 saturated carbocycles. The van der Waals surface area contributed by atoms with Gasteiger partial charge in [-0.05, 0) is 18.1 Å². The van der Waals surface area contributed by atoms with Crippen molar-refractivity contribution < 1.29 is 14.6 Å². The summed E-state index contributed by atoms with van der Waals surface area (Å²) in [4.78, 5) is 0. The lowest BCUT2D eigenvalue weighted by Gasteiger charge is -2.15. The zero-order valence-corrected chi connectivity index (χ0v) is 12.2. The Morgan fingerprint density at radius 2 is 2.30 bits per heavy atom. The second-order valence-corrected chi connectivity index (χ2v) is 5.29. The van der Waals surface area contributed by atoms with Crippen LogP contribution < -0.4 is 10.1 Å². The van der Waals surface area contributed by atoms with E-state index >= 15 is 0 Å². The first-order valence-electron chi connectivity index (χ1n) is 7.50. The van der Waals surface area contributed by atoms with Crippen LogP contribution in [0.5, 0.6) is 5.75 Å². The maximum Gasteiger partial charge on any atom is 0.123 e. The van der Waals surface area contributed by atoms with Crippen molar-refractivity contribution in [2.45, 2.75) is 38.4 Å². The van der Waals surface area contributed by atoms with Crippen molar-refractivity contribution in [2.24, 2.45) is 0 Å². The van der Waals surface area contributed by atoms with Crippen molar-refractivity contribution in [3.05, 3.63) is 29.8 Å². The number of benzene rings is 1. The van der Waals surface area contributed by atoms with Crippen molar-refractivity contribution in [3.8, 4) is 5.75 Å². The minimum absolute atomic E-state index is 0.167. The van der Waals surface area contributed by atoms with Crippen LogP contribution in [0.25, 0.3) is 0 Å². The fraction of sp³-hybridized carbons (Fsp3) is 0.625. The number of aliphatic hydroxyl groups is 1. The molecule has 0 spiro atoms. The summed E-state index contributed by atoms with van der Waals surface area (Å²) in [6.07, 6.45) is 2.82. The Kier molecular flexibility index (Phi) is 6.30. The molecule has 1 aromatic carbocycles. The first kappa shape index (κ1) is 15.3. The van der Waals surface area contributed by atoms with Crippen molar-refractivity contribution in [2.75, 3.05) is 26.3 Å².